The lowest BCUT2D eigenvalue weighted by Gasteiger charge is -2.07. The van der Waals surface area contributed by atoms with Crippen LogP contribution in [0.1, 0.15) is 13.3 Å². The molecule has 0 aromatic heterocycles. The summed E-state index contributed by atoms with van der Waals surface area (Å²) in [6.07, 6.45) is 0.531. The topological polar surface area (TPSA) is 59.0 Å². The molecule has 0 saturated heterocycles. The maximum atomic E-state index is 8.43. The van der Waals surface area contributed by atoms with Gasteiger partial charge in [-0.25, -0.2) is 0 Å². The highest BCUT2D eigenvalue weighted by Crippen LogP contribution is 2.29. The molecule has 0 saturated carbocycles. The Morgan fingerprint density at radius 3 is 3.00 bits per heavy atom. The second-order valence-electron chi connectivity index (χ2n) is 2.89. The van der Waals surface area contributed by atoms with E-state index >= 15 is 0 Å². The molecule has 0 spiro atoms. The van der Waals surface area contributed by atoms with Gasteiger partial charge in [-0.1, -0.05) is 0 Å². The molecule has 3 nitrogen and oxygen atoms in total. The molecule has 0 bridgehead atoms. The molecule has 1 rings (SSSR count). The number of hydrogen-bond acceptors (Lipinski definition) is 4. The minimum Gasteiger partial charge on any atom is -0.494 e. The molecular formula is C11H14N2OS. The summed E-state index contributed by atoms with van der Waals surface area (Å²) in [5.41, 5.74) is 6.55. The Morgan fingerprint density at radius 1 is 1.53 bits per heavy atom. The quantitative estimate of drug-likeness (QED) is 0.472. The number of benzene rings is 1. The molecule has 4 heteroatoms. The molecule has 0 atom stereocenters. The first-order valence-corrected chi connectivity index (χ1v) is 5.78. The van der Waals surface area contributed by atoms with Gasteiger partial charge in [-0.05, 0) is 25.1 Å². The van der Waals surface area contributed by atoms with E-state index in [1.807, 2.05) is 25.1 Å². The first-order chi connectivity index (χ1) is 7.27. The van der Waals surface area contributed by atoms with Crippen LogP contribution in [0.4, 0.5) is 5.69 Å². The van der Waals surface area contributed by atoms with Crippen LogP contribution in [-0.4, -0.2) is 12.4 Å². The van der Waals surface area contributed by atoms with Crippen molar-refractivity contribution in [1.29, 1.82) is 5.26 Å². The third kappa shape index (κ3) is 3.72. The van der Waals surface area contributed by atoms with E-state index in [9.17, 15) is 0 Å². The minimum absolute atomic E-state index is 0.531. The highest BCUT2D eigenvalue weighted by Gasteiger charge is 2.02. The van der Waals surface area contributed by atoms with Crippen LogP contribution in [0, 0.1) is 11.3 Å². The maximum Gasteiger partial charge on any atom is 0.120 e. The number of nitrogens with two attached hydrogens (primary N) is 1. The number of rotatable bonds is 5. The minimum atomic E-state index is 0.531. The molecule has 15 heavy (non-hydrogen) atoms. The third-order valence-electron chi connectivity index (χ3n) is 1.77. The zero-order chi connectivity index (χ0) is 11.1. The summed E-state index contributed by atoms with van der Waals surface area (Å²) in [6.45, 7) is 2.59. The van der Waals surface area contributed by atoms with Gasteiger partial charge in [0.15, 0.2) is 0 Å². The van der Waals surface area contributed by atoms with Gasteiger partial charge < -0.3 is 10.5 Å². The zero-order valence-corrected chi connectivity index (χ0v) is 9.51. The zero-order valence-electron chi connectivity index (χ0n) is 8.69. The maximum absolute atomic E-state index is 8.43. The van der Waals surface area contributed by atoms with Crippen molar-refractivity contribution in [2.24, 2.45) is 0 Å². The summed E-state index contributed by atoms with van der Waals surface area (Å²) in [7, 11) is 0. The van der Waals surface area contributed by atoms with Gasteiger partial charge >= 0.3 is 0 Å². The average Bonchev–Trinajstić information content (AvgIpc) is 2.23. The Kier molecular flexibility index (Phi) is 4.85. The van der Waals surface area contributed by atoms with Crippen molar-refractivity contribution in [2.45, 2.75) is 18.2 Å². The number of ether oxygens (including phenoxy) is 1. The van der Waals surface area contributed by atoms with Crippen LogP contribution in [0.25, 0.3) is 0 Å². The number of nitrogens with zero attached hydrogens (tertiary/aromatic N) is 1. The van der Waals surface area contributed by atoms with Crippen LogP contribution in [-0.2, 0) is 0 Å². The molecule has 0 amide bonds. The smallest absolute Gasteiger partial charge is 0.120 e. The van der Waals surface area contributed by atoms with Crippen molar-refractivity contribution < 1.29 is 4.74 Å². The van der Waals surface area contributed by atoms with Gasteiger partial charge in [0.2, 0.25) is 0 Å². The van der Waals surface area contributed by atoms with Crippen LogP contribution < -0.4 is 10.5 Å². The molecule has 1 aromatic carbocycles. The average molecular weight is 222 g/mol. The van der Waals surface area contributed by atoms with Gasteiger partial charge in [-0.3, -0.25) is 0 Å². The highest BCUT2D eigenvalue weighted by atomic mass is 32.2. The summed E-state index contributed by atoms with van der Waals surface area (Å²) >= 11 is 1.58. The molecule has 0 heterocycles. The Labute approximate surface area is 94.2 Å². The van der Waals surface area contributed by atoms with Crippen molar-refractivity contribution in [2.75, 3.05) is 18.1 Å². The lowest BCUT2D eigenvalue weighted by Crippen LogP contribution is -1.94. The third-order valence-corrected chi connectivity index (χ3v) is 2.84. The first kappa shape index (κ1) is 11.7. The normalized spacial score (nSPS) is 9.60. The van der Waals surface area contributed by atoms with Crippen LogP contribution in [0.2, 0.25) is 0 Å². The fourth-order valence-electron chi connectivity index (χ4n) is 1.10. The first-order valence-electron chi connectivity index (χ1n) is 4.80. The molecular weight excluding hydrogens is 208 g/mol. The molecule has 0 aliphatic rings. The van der Waals surface area contributed by atoms with E-state index in [1.54, 1.807) is 11.8 Å². The number of anilines is 1. The number of thioether (sulfide) groups is 1. The van der Waals surface area contributed by atoms with Crippen LogP contribution in [0.5, 0.6) is 5.75 Å². The monoisotopic (exact) mass is 222 g/mol. The second-order valence-corrected chi connectivity index (χ2v) is 4.03. The molecule has 0 aliphatic carbocycles. The number of nitriles is 1. The van der Waals surface area contributed by atoms with Crippen molar-refractivity contribution >= 4 is 17.4 Å². The highest BCUT2D eigenvalue weighted by molar-refractivity contribution is 7.99. The predicted molar refractivity (Wildman–Crippen MR) is 63.0 cm³/mol. The Bertz CT molecular complexity index is 360. The molecule has 0 unspecified atom stereocenters. The summed E-state index contributed by atoms with van der Waals surface area (Å²) in [5, 5.41) is 8.43. The predicted octanol–water partition coefficient (Wildman–Crippen LogP) is 2.67. The van der Waals surface area contributed by atoms with Crippen molar-refractivity contribution in [1.82, 2.24) is 0 Å². The molecule has 0 fully saturated rings. The largest absolute Gasteiger partial charge is 0.494 e. The van der Waals surface area contributed by atoms with E-state index in [2.05, 4.69) is 6.07 Å². The molecule has 2 N–H and O–H groups in total. The fraction of sp³-hybridized carbons (Fsp3) is 0.364. The van der Waals surface area contributed by atoms with Gasteiger partial charge in [0.05, 0.1) is 12.7 Å². The summed E-state index contributed by atoms with van der Waals surface area (Å²) in [4.78, 5) is 0.983. The fourth-order valence-corrected chi connectivity index (χ4v) is 1.95. The van der Waals surface area contributed by atoms with E-state index in [1.165, 1.54) is 0 Å². The van der Waals surface area contributed by atoms with Crippen molar-refractivity contribution in [3.8, 4) is 11.8 Å². The lowest BCUT2D eigenvalue weighted by molar-refractivity contribution is 0.339. The van der Waals surface area contributed by atoms with E-state index in [4.69, 9.17) is 15.7 Å². The second kappa shape index (κ2) is 6.20. The van der Waals surface area contributed by atoms with E-state index in [-0.39, 0.29) is 0 Å². The van der Waals surface area contributed by atoms with Gasteiger partial charge in [-0.2, -0.15) is 5.26 Å². The van der Waals surface area contributed by atoms with Crippen LogP contribution >= 0.6 is 11.8 Å². The van der Waals surface area contributed by atoms with E-state index in [0.29, 0.717) is 13.0 Å². The Hall–Kier alpha value is -1.34. The standard InChI is InChI=1S/C11H14N2OS/c1-2-14-9-4-5-10(13)11(8-9)15-7-3-6-12/h4-5,8H,2-3,7,13H2,1H3. The molecule has 0 radical (unpaired) electrons. The molecule has 1 aromatic rings. The summed E-state index contributed by atoms with van der Waals surface area (Å²) in [6, 6.07) is 7.71. The lowest BCUT2D eigenvalue weighted by atomic mass is 10.3. The Balaban J connectivity index is 2.68. The van der Waals surface area contributed by atoms with Crippen molar-refractivity contribution in [3.05, 3.63) is 18.2 Å². The summed E-state index contributed by atoms with van der Waals surface area (Å²) in [5.74, 6) is 1.59. The number of nitrogen functional groups attached to an aromatic ring is 1. The van der Waals surface area contributed by atoms with Gasteiger partial charge in [0.1, 0.15) is 5.75 Å². The van der Waals surface area contributed by atoms with E-state index in [0.717, 1.165) is 22.1 Å². The summed E-state index contributed by atoms with van der Waals surface area (Å²) < 4.78 is 5.37. The van der Waals surface area contributed by atoms with Crippen LogP contribution in [0.3, 0.4) is 0 Å². The molecule has 80 valence electrons. The van der Waals surface area contributed by atoms with Crippen LogP contribution in [0.15, 0.2) is 23.1 Å². The van der Waals surface area contributed by atoms with Gasteiger partial charge in [-0.15, -0.1) is 11.8 Å². The molecule has 0 aliphatic heterocycles. The Morgan fingerprint density at radius 2 is 2.33 bits per heavy atom. The number of hydrogen-bond donors (Lipinski definition) is 1. The van der Waals surface area contributed by atoms with Gasteiger partial charge in [0, 0.05) is 22.8 Å². The van der Waals surface area contributed by atoms with Crippen molar-refractivity contribution in [3.63, 3.8) is 0 Å². The van der Waals surface area contributed by atoms with Gasteiger partial charge in [0.25, 0.3) is 0 Å². The van der Waals surface area contributed by atoms with E-state index < -0.39 is 0 Å². The SMILES string of the molecule is CCOc1ccc(N)c(SCCC#N)c1.